The van der Waals surface area contributed by atoms with Crippen molar-refractivity contribution in [2.24, 2.45) is 0 Å². The molecular formula is C24H34N4O. The molecule has 0 spiro atoms. The first kappa shape index (κ1) is 21.3. The summed E-state index contributed by atoms with van der Waals surface area (Å²) in [6.45, 7) is 15.0. The number of amides is 1. The van der Waals surface area contributed by atoms with E-state index in [9.17, 15) is 4.79 Å². The van der Waals surface area contributed by atoms with Crippen molar-refractivity contribution in [2.45, 2.75) is 27.3 Å². The van der Waals surface area contributed by atoms with Crippen molar-refractivity contribution < 1.29 is 4.79 Å². The van der Waals surface area contributed by atoms with Gasteiger partial charge in [-0.1, -0.05) is 32.9 Å². The maximum Gasteiger partial charge on any atom is 0.255 e. The molecule has 2 aromatic carbocycles. The fourth-order valence-electron chi connectivity index (χ4n) is 3.75. The second-order valence-electron chi connectivity index (χ2n) is 7.58. The van der Waals surface area contributed by atoms with Crippen molar-refractivity contribution in [1.82, 2.24) is 9.80 Å². The quantitative estimate of drug-likeness (QED) is 0.736. The average Bonchev–Trinajstić information content (AvgIpc) is 2.78. The van der Waals surface area contributed by atoms with Crippen LogP contribution in [0.3, 0.4) is 0 Å². The lowest BCUT2D eigenvalue weighted by Crippen LogP contribution is -2.46. The van der Waals surface area contributed by atoms with Crippen LogP contribution in [0.4, 0.5) is 11.4 Å². The molecule has 0 saturated carbocycles. The van der Waals surface area contributed by atoms with Gasteiger partial charge in [0, 0.05) is 49.7 Å². The number of likely N-dealkylation sites (N-methyl/N-ethyl adjacent to an activating group) is 1. The molecule has 1 aliphatic rings. The minimum Gasteiger partial charge on any atom is -0.369 e. The number of carbonyl (C=O) groups excluding carboxylic acids is 1. The van der Waals surface area contributed by atoms with Crippen molar-refractivity contribution in [3.8, 4) is 0 Å². The predicted molar refractivity (Wildman–Crippen MR) is 122 cm³/mol. The number of benzene rings is 2. The van der Waals surface area contributed by atoms with Crippen molar-refractivity contribution in [2.75, 3.05) is 56.0 Å². The Morgan fingerprint density at radius 1 is 0.897 bits per heavy atom. The summed E-state index contributed by atoms with van der Waals surface area (Å²) in [5.41, 5.74) is 3.98. The number of rotatable bonds is 8. The lowest BCUT2D eigenvalue weighted by atomic mass is 10.1. The lowest BCUT2D eigenvalue weighted by molar-refractivity contribution is 0.102. The highest BCUT2D eigenvalue weighted by Crippen LogP contribution is 2.20. The lowest BCUT2D eigenvalue weighted by Gasteiger charge is -2.35. The Bertz CT molecular complexity index is 760. The van der Waals surface area contributed by atoms with Crippen LogP contribution in [-0.4, -0.2) is 61.5 Å². The van der Waals surface area contributed by atoms with E-state index >= 15 is 0 Å². The van der Waals surface area contributed by atoms with Gasteiger partial charge in [-0.25, -0.2) is 0 Å². The van der Waals surface area contributed by atoms with Crippen molar-refractivity contribution >= 4 is 17.3 Å². The molecule has 1 aliphatic heterocycles. The van der Waals surface area contributed by atoms with E-state index in [1.54, 1.807) is 0 Å². The molecule has 5 nitrogen and oxygen atoms in total. The zero-order valence-corrected chi connectivity index (χ0v) is 18.0. The van der Waals surface area contributed by atoms with Crippen LogP contribution in [-0.2, 0) is 6.54 Å². The molecule has 156 valence electrons. The number of carbonyl (C=O) groups is 1. The third kappa shape index (κ3) is 5.81. The summed E-state index contributed by atoms with van der Waals surface area (Å²) in [5.74, 6) is -0.0660. The van der Waals surface area contributed by atoms with Gasteiger partial charge in [-0.05, 0) is 61.6 Å². The molecule has 1 N–H and O–H groups in total. The Morgan fingerprint density at radius 3 is 2.07 bits per heavy atom. The highest BCUT2D eigenvalue weighted by molar-refractivity contribution is 6.04. The van der Waals surface area contributed by atoms with Crippen LogP contribution in [0.5, 0.6) is 0 Å². The van der Waals surface area contributed by atoms with E-state index in [2.05, 4.69) is 52.9 Å². The third-order valence-corrected chi connectivity index (χ3v) is 5.83. The van der Waals surface area contributed by atoms with Crippen molar-refractivity contribution in [1.29, 1.82) is 0 Å². The second-order valence-corrected chi connectivity index (χ2v) is 7.58. The van der Waals surface area contributed by atoms with E-state index in [-0.39, 0.29) is 5.91 Å². The molecule has 1 fully saturated rings. The number of nitrogens with one attached hydrogen (secondary N) is 1. The average molecular weight is 395 g/mol. The Hall–Kier alpha value is -2.37. The summed E-state index contributed by atoms with van der Waals surface area (Å²) in [6, 6.07) is 16.1. The monoisotopic (exact) mass is 394 g/mol. The standard InChI is InChI=1S/C24H34N4O/c1-4-26(5-2)19-20-7-9-21(10-8-20)24(29)25-22-11-13-23(14-12-22)28-17-15-27(6-3)16-18-28/h7-14H,4-6,15-19H2,1-3H3,(H,25,29). The van der Waals surface area contributed by atoms with Gasteiger partial charge in [0.15, 0.2) is 0 Å². The zero-order valence-electron chi connectivity index (χ0n) is 18.0. The van der Waals surface area contributed by atoms with Crippen LogP contribution < -0.4 is 10.2 Å². The number of hydrogen-bond donors (Lipinski definition) is 1. The molecule has 0 aliphatic carbocycles. The highest BCUT2D eigenvalue weighted by atomic mass is 16.1. The minimum atomic E-state index is -0.0660. The van der Waals surface area contributed by atoms with Gasteiger partial charge in [-0.2, -0.15) is 0 Å². The summed E-state index contributed by atoms with van der Waals surface area (Å²) < 4.78 is 0. The number of nitrogens with zero attached hydrogens (tertiary/aromatic N) is 3. The van der Waals surface area contributed by atoms with E-state index in [0.717, 1.165) is 58.0 Å². The normalized spacial score (nSPS) is 15.0. The SMILES string of the molecule is CCN1CCN(c2ccc(NC(=O)c3ccc(CN(CC)CC)cc3)cc2)CC1. The van der Waals surface area contributed by atoms with E-state index in [0.29, 0.717) is 5.56 Å². The number of anilines is 2. The predicted octanol–water partition coefficient (Wildman–Crippen LogP) is 3.92. The van der Waals surface area contributed by atoms with Crippen LogP contribution in [0.1, 0.15) is 36.7 Å². The van der Waals surface area contributed by atoms with E-state index < -0.39 is 0 Å². The van der Waals surface area contributed by atoms with Crippen LogP contribution in [0.25, 0.3) is 0 Å². The Labute approximate surface area is 175 Å². The van der Waals surface area contributed by atoms with Crippen LogP contribution in [0.2, 0.25) is 0 Å². The summed E-state index contributed by atoms with van der Waals surface area (Å²) in [5, 5.41) is 3.01. The molecule has 0 bridgehead atoms. The number of hydrogen-bond acceptors (Lipinski definition) is 4. The van der Waals surface area contributed by atoms with Gasteiger partial charge in [0.1, 0.15) is 0 Å². The molecular weight excluding hydrogens is 360 g/mol. The van der Waals surface area contributed by atoms with Gasteiger partial charge in [-0.3, -0.25) is 9.69 Å². The first-order chi connectivity index (χ1) is 14.1. The molecule has 0 atom stereocenters. The van der Waals surface area contributed by atoms with E-state index in [4.69, 9.17) is 0 Å². The third-order valence-electron chi connectivity index (χ3n) is 5.83. The fourth-order valence-corrected chi connectivity index (χ4v) is 3.75. The fraction of sp³-hybridized carbons (Fsp3) is 0.458. The molecule has 5 heteroatoms. The molecule has 1 saturated heterocycles. The van der Waals surface area contributed by atoms with Crippen molar-refractivity contribution in [3.63, 3.8) is 0 Å². The molecule has 1 heterocycles. The molecule has 3 rings (SSSR count). The van der Waals surface area contributed by atoms with Gasteiger partial charge in [-0.15, -0.1) is 0 Å². The zero-order chi connectivity index (χ0) is 20.6. The van der Waals surface area contributed by atoms with Crippen LogP contribution >= 0.6 is 0 Å². The molecule has 0 radical (unpaired) electrons. The maximum absolute atomic E-state index is 12.6. The summed E-state index contributed by atoms with van der Waals surface area (Å²) in [6.07, 6.45) is 0. The van der Waals surface area contributed by atoms with Crippen molar-refractivity contribution in [3.05, 3.63) is 59.7 Å². The summed E-state index contributed by atoms with van der Waals surface area (Å²) in [4.78, 5) is 19.8. The van der Waals surface area contributed by atoms with E-state index in [1.165, 1.54) is 11.3 Å². The molecule has 0 unspecified atom stereocenters. The molecule has 0 aromatic heterocycles. The molecule has 29 heavy (non-hydrogen) atoms. The van der Waals surface area contributed by atoms with E-state index in [1.807, 2.05) is 36.4 Å². The molecule has 1 amide bonds. The Morgan fingerprint density at radius 2 is 1.52 bits per heavy atom. The topological polar surface area (TPSA) is 38.8 Å². The van der Waals surface area contributed by atoms with Gasteiger partial charge in [0.25, 0.3) is 5.91 Å². The largest absolute Gasteiger partial charge is 0.369 e. The maximum atomic E-state index is 12.6. The van der Waals surface area contributed by atoms with Gasteiger partial charge in [0.2, 0.25) is 0 Å². The first-order valence-corrected chi connectivity index (χ1v) is 10.8. The van der Waals surface area contributed by atoms with Gasteiger partial charge < -0.3 is 15.1 Å². The Kier molecular flexibility index (Phi) is 7.67. The summed E-state index contributed by atoms with van der Waals surface area (Å²) >= 11 is 0. The smallest absolute Gasteiger partial charge is 0.255 e. The number of piperazine rings is 1. The van der Waals surface area contributed by atoms with Gasteiger partial charge in [0.05, 0.1) is 0 Å². The molecule has 2 aromatic rings. The second kappa shape index (κ2) is 10.4. The summed E-state index contributed by atoms with van der Waals surface area (Å²) in [7, 11) is 0. The first-order valence-electron chi connectivity index (χ1n) is 10.8. The Balaban J connectivity index is 1.55. The minimum absolute atomic E-state index is 0.0660. The van der Waals surface area contributed by atoms with Crippen LogP contribution in [0, 0.1) is 0 Å². The highest BCUT2D eigenvalue weighted by Gasteiger charge is 2.16. The van der Waals surface area contributed by atoms with Crippen LogP contribution in [0.15, 0.2) is 48.5 Å². The van der Waals surface area contributed by atoms with Gasteiger partial charge >= 0.3 is 0 Å².